The van der Waals surface area contributed by atoms with E-state index in [9.17, 15) is 23.3 Å². The second-order valence-electron chi connectivity index (χ2n) is 3.24. The Morgan fingerprint density at radius 1 is 1.50 bits per heavy atom. The summed E-state index contributed by atoms with van der Waals surface area (Å²) in [6.07, 6.45) is 0. The van der Waals surface area contributed by atoms with Gasteiger partial charge in [-0.2, -0.15) is 14.8 Å². The first-order chi connectivity index (χ1) is 9.29. The van der Waals surface area contributed by atoms with Crippen molar-refractivity contribution in [2.75, 3.05) is 5.43 Å². The fraction of sp³-hybridized carbons (Fsp3) is 0. The van der Waals surface area contributed by atoms with E-state index in [1.54, 1.807) is 5.43 Å². The SMILES string of the molecule is N#C/C(=N\Nc1cc(F)c(F)c(F)c1[N+](=O)[O-])C(=N)N. The van der Waals surface area contributed by atoms with Gasteiger partial charge in [0.1, 0.15) is 11.8 Å². The smallest absolute Gasteiger partial charge is 0.332 e. The van der Waals surface area contributed by atoms with Crippen LogP contribution in [0.25, 0.3) is 0 Å². The molecular weight excluding hydrogens is 281 g/mol. The number of hydrogen-bond acceptors (Lipinski definition) is 6. The van der Waals surface area contributed by atoms with Crippen LogP contribution in [0, 0.1) is 44.3 Å². The molecule has 1 rings (SSSR count). The van der Waals surface area contributed by atoms with Crippen LogP contribution in [0.15, 0.2) is 11.2 Å². The summed E-state index contributed by atoms with van der Waals surface area (Å²) in [6, 6.07) is 1.65. The number of hydrogen-bond donors (Lipinski definition) is 3. The molecule has 20 heavy (non-hydrogen) atoms. The fourth-order valence-electron chi connectivity index (χ4n) is 1.11. The van der Waals surface area contributed by atoms with Crippen molar-refractivity contribution in [3.63, 3.8) is 0 Å². The molecular formula is C9H5F3N6O2. The molecule has 0 aromatic heterocycles. The molecule has 0 heterocycles. The molecule has 0 aliphatic carbocycles. The number of nitrogens with zero attached hydrogens (tertiary/aromatic N) is 3. The van der Waals surface area contributed by atoms with Crippen molar-refractivity contribution in [2.24, 2.45) is 10.8 Å². The number of nitrogens with two attached hydrogens (primary N) is 1. The first kappa shape index (κ1) is 14.9. The summed E-state index contributed by atoms with van der Waals surface area (Å²) < 4.78 is 39.2. The maximum atomic E-state index is 13.3. The van der Waals surface area contributed by atoms with E-state index in [1.807, 2.05) is 0 Å². The normalized spacial score (nSPS) is 10.8. The van der Waals surface area contributed by atoms with Gasteiger partial charge >= 0.3 is 5.69 Å². The van der Waals surface area contributed by atoms with Crippen molar-refractivity contribution in [1.82, 2.24) is 0 Å². The van der Waals surface area contributed by atoms with Gasteiger partial charge in [0.05, 0.1) is 4.92 Å². The van der Waals surface area contributed by atoms with Crippen LogP contribution in [0.5, 0.6) is 0 Å². The standard InChI is InChI=1S/C9H5F3N6O2/c10-3-1-4(16-17-5(2-13)9(14)15)8(18(19)20)7(12)6(3)11/h1,16H,(H3,14,15)/b17-5+. The van der Waals surface area contributed by atoms with Gasteiger partial charge < -0.3 is 5.73 Å². The van der Waals surface area contributed by atoms with Gasteiger partial charge in [-0.15, -0.1) is 0 Å². The van der Waals surface area contributed by atoms with E-state index in [1.165, 1.54) is 6.07 Å². The topological polar surface area (TPSA) is 141 Å². The molecule has 11 heteroatoms. The van der Waals surface area contributed by atoms with E-state index < -0.39 is 45.3 Å². The molecule has 0 radical (unpaired) electrons. The number of anilines is 1. The minimum absolute atomic E-state index is 0.287. The van der Waals surface area contributed by atoms with Crippen molar-refractivity contribution < 1.29 is 18.1 Å². The number of nitriles is 1. The van der Waals surface area contributed by atoms with Crippen LogP contribution in [-0.4, -0.2) is 16.5 Å². The minimum Gasteiger partial charge on any atom is -0.382 e. The molecule has 4 N–H and O–H groups in total. The number of amidine groups is 1. The third-order valence-electron chi connectivity index (χ3n) is 1.97. The zero-order valence-electron chi connectivity index (χ0n) is 9.45. The summed E-state index contributed by atoms with van der Waals surface area (Å²) in [5, 5.41) is 29.2. The first-order valence-corrected chi connectivity index (χ1v) is 4.69. The number of nitro groups is 1. The van der Waals surface area contributed by atoms with Gasteiger partial charge in [-0.25, -0.2) is 8.78 Å². The van der Waals surface area contributed by atoms with E-state index in [2.05, 4.69) is 5.10 Å². The predicted octanol–water partition coefficient (Wildman–Crippen LogP) is 1.24. The lowest BCUT2D eigenvalue weighted by Crippen LogP contribution is -2.22. The van der Waals surface area contributed by atoms with Crippen molar-refractivity contribution in [3.8, 4) is 6.07 Å². The lowest BCUT2D eigenvalue weighted by Gasteiger charge is -2.05. The zero-order chi connectivity index (χ0) is 15.4. The second kappa shape index (κ2) is 5.65. The largest absolute Gasteiger partial charge is 0.382 e. The third kappa shape index (κ3) is 2.80. The molecule has 0 spiro atoms. The first-order valence-electron chi connectivity index (χ1n) is 4.69. The summed E-state index contributed by atoms with van der Waals surface area (Å²) in [7, 11) is 0. The summed E-state index contributed by atoms with van der Waals surface area (Å²) in [4.78, 5) is 9.31. The maximum absolute atomic E-state index is 13.3. The Bertz CT molecular complexity index is 667. The molecule has 0 amide bonds. The molecule has 1 aromatic carbocycles. The molecule has 0 bridgehead atoms. The molecule has 0 fully saturated rings. The summed E-state index contributed by atoms with van der Waals surface area (Å²) in [5.74, 6) is -6.50. The number of nitrogens with one attached hydrogen (secondary N) is 2. The van der Waals surface area contributed by atoms with Gasteiger partial charge in [0.25, 0.3) is 0 Å². The highest BCUT2D eigenvalue weighted by Gasteiger charge is 2.27. The summed E-state index contributed by atoms with van der Waals surface area (Å²) >= 11 is 0. The van der Waals surface area contributed by atoms with Crippen LogP contribution in [0.2, 0.25) is 0 Å². The Balaban J connectivity index is 3.36. The fourth-order valence-corrected chi connectivity index (χ4v) is 1.11. The van der Waals surface area contributed by atoms with Crippen molar-refractivity contribution in [2.45, 2.75) is 0 Å². The number of nitro benzene ring substituents is 1. The lowest BCUT2D eigenvalue weighted by molar-refractivity contribution is -0.386. The van der Waals surface area contributed by atoms with Gasteiger partial charge in [0, 0.05) is 6.07 Å². The Morgan fingerprint density at radius 2 is 2.10 bits per heavy atom. The molecule has 0 aliphatic heterocycles. The van der Waals surface area contributed by atoms with Crippen molar-refractivity contribution >= 4 is 22.9 Å². The van der Waals surface area contributed by atoms with Crippen LogP contribution in [0.4, 0.5) is 24.5 Å². The van der Waals surface area contributed by atoms with Gasteiger partial charge in [-0.3, -0.25) is 20.9 Å². The highest BCUT2D eigenvalue weighted by atomic mass is 19.2. The van der Waals surface area contributed by atoms with Crippen LogP contribution in [0.1, 0.15) is 0 Å². The van der Waals surface area contributed by atoms with Crippen molar-refractivity contribution in [3.05, 3.63) is 33.6 Å². The number of rotatable bonds is 4. The lowest BCUT2D eigenvalue weighted by atomic mass is 10.2. The minimum atomic E-state index is -2.02. The molecule has 0 atom stereocenters. The van der Waals surface area contributed by atoms with E-state index in [-0.39, 0.29) is 6.07 Å². The predicted molar refractivity (Wildman–Crippen MR) is 61.6 cm³/mol. The van der Waals surface area contributed by atoms with Crippen LogP contribution >= 0.6 is 0 Å². The average molecular weight is 286 g/mol. The summed E-state index contributed by atoms with van der Waals surface area (Å²) in [6.45, 7) is 0. The Labute approximate surface area is 109 Å². The number of hydrazone groups is 1. The van der Waals surface area contributed by atoms with Gasteiger partial charge in [0.15, 0.2) is 11.7 Å². The molecule has 0 saturated heterocycles. The molecule has 1 aromatic rings. The Kier molecular flexibility index (Phi) is 4.21. The number of halogens is 3. The zero-order valence-corrected chi connectivity index (χ0v) is 9.45. The second-order valence-corrected chi connectivity index (χ2v) is 3.24. The van der Waals surface area contributed by atoms with Gasteiger partial charge in [-0.05, 0) is 0 Å². The van der Waals surface area contributed by atoms with Gasteiger partial charge in [-0.1, -0.05) is 0 Å². The Morgan fingerprint density at radius 3 is 2.55 bits per heavy atom. The van der Waals surface area contributed by atoms with E-state index in [4.69, 9.17) is 16.4 Å². The molecule has 0 aliphatic rings. The molecule has 8 nitrogen and oxygen atoms in total. The monoisotopic (exact) mass is 286 g/mol. The van der Waals surface area contributed by atoms with Crippen LogP contribution in [-0.2, 0) is 0 Å². The van der Waals surface area contributed by atoms with E-state index >= 15 is 0 Å². The Hall–Kier alpha value is -3.16. The van der Waals surface area contributed by atoms with Crippen LogP contribution in [0.3, 0.4) is 0 Å². The summed E-state index contributed by atoms with van der Waals surface area (Å²) in [5.41, 5.74) is 3.83. The molecule has 104 valence electrons. The van der Waals surface area contributed by atoms with E-state index in [0.717, 1.165) is 0 Å². The van der Waals surface area contributed by atoms with Crippen molar-refractivity contribution in [1.29, 1.82) is 10.7 Å². The highest BCUT2D eigenvalue weighted by Crippen LogP contribution is 2.31. The highest BCUT2D eigenvalue weighted by molar-refractivity contribution is 6.45. The third-order valence-corrected chi connectivity index (χ3v) is 1.97. The molecule has 0 saturated carbocycles. The van der Waals surface area contributed by atoms with E-state index in [0.29, 0.717) is 0 Å². The quantitative estimate of drug-likeness (QED) is 0.251. The van der Waals surface area contributed by atoms with Gasteiger partial charge in [0.2, 0.25) is 17.3 Å². The number of benzene rings is 1. The maximum Gasteiger partial charge on any atom is 0.332 e. The molecule has 0 unspecified atom stereocenters. The van der Waals surface area contributed by atoms with Crippen LogP contribution < -0.4 is 11.2 Å². The average Bonchev–Trinajstić information content (AvgIpc) is 2.35.